The van der Waals surface area contributed by atoms with Crippen LogP contribution in [0.5, 0.6) is 11.5 Å². The number of ether oxygens (including phenoxy) is 2. The highest BCUT2D eigenvalue weighted by Crippen LogP contribution is 2.19. The summed E-state index contributed by atoms with van der Waals surface area (Å²) in [6.45, 7) is 3.44. The normalized spacial score (nSPS) is 10.5. The topological polar surface area (TPSA) is 78.5 Å². The second-order valence-electron chi connectivity index (χ2n) is 5.62. The van der Waals surface area contributed by atoms with Crippen LogP contribution < -0.4 is 14.8 Å². The zero-order valence-electron chi connectivity index (χ0n) is 14.8. The van der Waals surface area contributed by atoms with Crippen molar-refractivity contribution in [2.24, 2.45) is 0 Å². The molecule has 0 spiro atoms. The van der Waals surface area contributed by atoms with Crippen LogP contribution in [0.15, 0.2) is 53.2 Å². The predicted octanol–water partition coefficient (Wildman–Crippen LogP) is 3.01. The minimum Gasteiger partial charge on any atom is -0.497 e. The summed E-state index contributed by atoms with van der Waals surface area (Å²) in [7, 11) is 1.61. The Morgan fingerprint density at radius 1 is 1.19 bits per heavy atom. The van der Waals surface area contributed by atoms with Crippen molar-refractivity contribution in [1.82, 2.24) is 15.1 Å². The Kier molecular flexibility index (Phi) is 5.58. The second kappa shape index (κ2) is 8.24. The summed E-state index contributed by atoms with van der Waals surface area (Å²) in [5.41, 5.74) is 0.940. The predicted molar refractivity (Wildman–Crippen MR) is 95.1 cm³/mol. The zero-order valence-corrected chi connectivity index (χ0v) is 14.8. The molecule has 0 aliphatic rings. The van der Waals surface area contributed by atoms with Crippen molar-refractivity contribution in [1.29, 1.82) is 0 Å². The fourth-order valence-electron chi connectivity index (χ4n) is 2.34. The first-order valence-corrected chi connectivity index (χ1v) is 8.33. The Bertz CT molecular complexity index is 852. The van der Waals surface area contributed by atoms with Crippen molar-refractivity contribution in [2.45, 2.75) is 26.6 Å². The van der Waals surface area contributed by atoms with E-state index < -0.39 is 0 Å². The number of nitrogens with zero attached hydrogens (tertiary/aromatic N) is 2. The second-order valence-corrected chi connectivity index (χ2v) is 5.62. The number of carbonyl (C=O) groups is 1. The summed E-state index contributed by atoms with van der Waals surface area (Å²) < 4.78 is 18.1. The molecular formula is C19H21N3O4. The van der Waals surface area contributed by atoms with E-state index in [0.717, 1.165) is 17.9 Å². The number of hydrogen-bond acceptors (Lipinski definition) is 5. The molecule has 136 valence electrons. The molecule has 2 aromatic heterocycles. The average molecular weight is 355 g/mol. The number of rotatable bonds is 8. The molecule has 2 heterocycles. The van der Waals surface area contributed by atoms with Gasteiger partial charge in [0.15, 0.2) is 5.76 Å². The van der Waals surface area contributed by atoms with Crippen LogP contribution in [0.3, 0.4) is 0 Å². The van der Waals surface area contributed by atoms with E-state index in [9.17, 15) is 4.79 Å². The summed E-state index contributed by atoms with van der Waals surface area (Å²) in [5, 5.41) is 6.98. The summed E-state index contributed by atoms with van der Waals surface area (Å²) in [6.07, 6.45) is 3.64. The lowest BCUT2D eigenvalue weighted by Crippen LogP contribution is -2.22. The molecule has 0 radical (unpaired) electrons. The Labute approximate surface area is 151 Å². The lowest BCUT2D eigenvalue weighted by molar-refractivity contribution is 0.0919. The van der Waals surface area contributed by atoms with E-state index >= 15 is 0 Å². The fraction of sp³-hybridized carbons (Fsp3) is 0.263. The van der Waals surface area contributed by atoms with Gasteiger partial charge in [-0.2, -0.15) is 5.10 Å². The fourth-order valence-corrected chi connectivity index (χ4v) is 2.34. The molecule has 3 aromatic rings. The minimum atomic E-state index is -0.273. The largest absolute Gasteiger partial charge is 0.497 e. The van der Waals surface area contributed by atoms with Crippen LogP contribution in [0.2, 0.25) is 0 Å². The van der Waals surface area contributed by atoms with E-state index in [2.05, 4.69) is 10.4 Å². The summed E-state index contributed by atoms with van der Waals surface area (Å²) in [4.78, 5) is 12.2. The van der Waals surface area contributed by atoms with Gasteiger partial charge in [-0.3, -0.25) is 9.48 Å². The van der Waals surface area contributed by atoms with E-state index in [1.807, 2.05) is 42.1 Å². The molecule has 7 heteroatoms. The molecule has 0 fully saturated rings. The van der Waals surface area contributed by atoms with Crippen LogP contribution in [0.1, 0.15) is 28.8 Å². The number of hydrogen-bond donors (Lipinski definition) is 1. The molecule has 1 aromatic carbocycles. The van der Waals surface area contributed by atoms with Crippen LogP contribution in [-0.4, -0.2) is 22.8 Å². The van der Waals surface area contributed by atoms with Gasteiger partial charge in [0, 0.05) is 24.8 Å². The molecule has 0 atom stereocenters. The van der Waals surface area contributed by atoms with Gasteiger partial charge in [0.2, 0.25) is 0 Å². The van der Waals surface area contributed by atoms with Gasteiger partial charge in [-0.1, -0.05) is 0 Å². The van der Waals surface area contributed by atoms with Crippen molar-refractivity contribution in [3.05, 3.63) is 65.9 Å². The number of aromatic nitrogens is 2. The van der Waals surface area contributed by atoms with E-state index in [4.69, 9.17) is 13.9 Å². The van der Waals surface area contributed by atoms with Gasteiger partial charge in [-0.05, 0) is 43.3 Å². The van der Waals surface area contributed by atoms with Gasteiger partial charge in [0.05, 0.1) is 13.3 Å². The van der Waals surface area contributed by atoms with E-state index in [0.29, 0.717) is 18.1 Å². The van der Waals surface area contributed by atoms with Crippen molar-refractivity contribution >= 4 is 5.91 Å². The lowest BCUT2D eigenvalue weighted by Gasteiger charge is -2.05. The SMILES string of the molecule is CCn1cc(CNC(=O)c2ccc(COc3ccc(OC)cc3)o2)cn1. The number of methoxy groups -OCH3 is 1. The third kappa shape index (κ3) is 4.44. The Morgan fingerprint density at radius 2 is 1.96 bits per heavy atom. The molecule has 0 bridgehead atoms. The Morgan fingerprint density at radius 3 is 2.65 bits per heavy atom. The highest BCUT2D eigenvalue weighted by molar-refractivity contribution is 5.91. The molecule has 1 amide bonds. The first-order chi connectivity index (χ1) is 12.7. The van der Waals surface area contributed by atoms with Crippen LogP contribution in [0, 0.1) is 0 Å². The van der Waals surface area contributed by atoms with E-state index in [1.54, 1.807) is 25.4 Å². The summed E-state index contributed by atoms with van der Waals surface area (Å²) in [5.74, 6) is 2.01. The van der Waals surface area contributed by atoms with Crippen molar-refractivity contribution in [2.75, 3.05) is 7.11 Å². The monoisotopic (exact) mass is 355 g/mol. The summed E-state index contributed by atoms with van der Waals surface area (Å²) in [6, 6.07) is 10.6. The maximum absolute atomic E-state index is 12.2. The van der Waals surface area contributed by atoms with Crippen LogP contribution in [-0.2, 0) is 19.7 Å². The first-order valence-electron chi connectivity index (χ1n) is 8.33. The smallest absolute Gasteiger partial charge is 0.287 e. The van der Waals surface area contributed by atoms with E-state index in [1.165, 1.54) is 0 Å². The van der Waals surface area contributed by atoms with Gasteiger partial charge in [-0.15, -0.1) is 0 Å². The van der Waals surface area contributed by atoms with Crippen molar-refractivity contribution in [3.8, 4) is 11.5 Å². The maximum atomic E-state index is 12.2. The van der Waals surface area contributed by atoms with Gasteiger partial charge in [0.1, 0.15) is 23.9 Å². The first kappa shape index (κ1) is 17.6. The quantitative estimate of drug-likeness (QED) is 0.672. The Balaban J connectivity index is 1.50. The van der Waals surface area contributed by atoms with Crippen molar-refractivity contribution in [3.63, 3.8) is 0 Å². The molecule has 0 saturated heterocycles. The summed E-state index contributed by atoms with van der Waals surface area (Å²) >= 11 is 0. The third-order valence-corrected chi connectivity index (χ3v) is 3.79. The molecule has 3 rings (SSSR count). The maximum Gasteiger partial charge on any atom is 0.287 e. The molecule has 26 heavy (non-hydrogen) atoms. The third-order valence-electron chi connectivity index (χ3n) is 3.79. The molecular weight excluding hydrogens is 334 g/mol. The number of aryl methyl sites for hydroxylation is 1. The number of nitrogens with one attached hydrogen (secondary N) is 1. The highest BCUT2D eigenvalue weighted by atomic mass is 16.5. The van der Waals surface area contributed by atoms with Crippen molar-refractivity contribution < 1.29 is 18.7 Å². The van der Waals surface area contributed by atoms with Gasteiger partial charge >= 0.3 is 0 Å². The number of benzene rings is 1. The number of furan rings is 1. The van der Waals surface area contributed by atoms with E-state index in [-0.39, 0.29) is 18.3 Å². The molecule has 0 unspecified atom stereocenters. The molecule has 1 N–H and O–H groups in total. The Hall–Kier alpha value is -3.22. The molecule has 0 aliphatic carbocycles. The average Bonchev–Trinajstić information content (AvgIpc) is 3.34. The molecule has 0 aliphatic heterocycles. The van der Waals surface area contributed by atoms with Crippen LogP contribution in [0.4, 0.5) is 0 Å². The van der Waals surface area contributed by atoms with Crippen LogP contribution >= 0.6 is 0 Å². The minimum absolute atomic E-state index is 0.239. The van der Waals surface area contributed by atoms with Gasteiger partial charge < -0.3 is 19.2 Å². The van der Waals surface area contributed by atoms with Gasteiger partial charge in [-0.25, -0.2) is 0 Å². The van der Waals surface area contributed by atoms with Crippen LogP contribution in [0.25, 0.3) is 0 Å². The number of carbonyl (C=O) groups excluding carboxylic acids is 1. The standard InChI is InChI=1S/C19H21N3O4/c1-3-22-12-14(11-21-22)10-20-19(23)18-9-8-17(26-18)13-25-16-6-4-15(24-2)5-7-16/h4-9,11-12H,3,10,13H2,1-2H3,(H,20,23). The highest BCUT2D eigenvalue weighted by Gasteiger charge is 2.12. The molecule has 0 saturated carbocycles. The zero-order chi connectivity index (χ0) is 18.4. The van der Waals surface area contributed by atoms with Gasteiger partial charge in [0.25, 0.3) is 5.91 Å². The number of amides is 1. The lowest BCUT2D eigenvalue weighted by atomic mass is 10.3. The molecule has 7 nitrogen and oxygen atoms in total.